The summed E-state index contributed by atoms with van der Waals surface area (Å²) in [5.41, 5.74) is 10.7. The highest BCUT2D eigenvalue weighted by molar-refractivity contribution is 6.08. The second-order valence-electron chi connectivity index (χ2n) is 5.10. The van der Waals surface area contributed by atoms with Gasteiger partial charge >= 0.3 is 6.18 Å². The Hall–Kier alpha value is -3.10. The van der Waals surface area contributed by atoms with E-state index in [1.54, 1.807) is 13.0 Å². The summed E-state index contributed by atoms with van der Waals surface area (Å²) >= 11 is 0. The first kappa shape index (κ1) is 18.2. The van der Waals surface area contributed by atoms with Gasteiger partial charge in [-0.2, -0.15) is 18.2 Å². The standard InChI is InChI=1S/C16H15F3N4O2/c1-3-22-8(2)9-5-4-6-12-10(9)7-11(14(24)23-15(20)21)13(25-12)16(17,18)19/h3-7,13H,1H2,2H3,(H4,20,21,23,24). The van der Waals surface area contributed by atoms with Crippen LogP contribution in [0.3, 0.4) is 0 Å². The predicted molar refractivity (Wildman–Crippen MR) is 88.1 cm³/mol. The van der Waals surface area contributed by atoms with E-state index >= 15 is 0 Å². The third-order valence-corrected chi connectivity index (χ3v) is 3.34. The molecule has 0 aliphatic carbocycles. The number of hydrogen-bond donors (Lipinski definition) is 2. The van der Waals surface area contributed by atoms with Crippen LogP contribution in [0.2, 0.25) is 0 Å². The van der Waals surface area contributed by atoms with Crippen LogP contribution in [0.1, 0.15) is 18.1 Å². The lowest BCUT2D eigenvalue weighted by atomic mass is 9.95. The van der Waals surface area contributed by atoms with E-state index in [-0.39, 0.29) is 11.3 Å². The van der Waals surface area contributed by atoms with E-state index in [1.807, 2.05) is 0 Å². The molecule has 1 amide bonds. The largest absolute Gasteiger partial charge is 0.475 e. The van der Waals surface area contributed by atoms with Crippen LogP contribution >= 0.6 is 0 Å². The van der Waals surface area contributed by atoms with Crippen LogP contribution in [-0.4, -0.2) is 29.9 Å². The first-order valence-corrected chi connectivity index (χ1v) is 7.02. The fourth-order valence-electron chi connectivity index (χ4n) is 2.34. The quantitative estimate of drug-likeness (QED) is 0.642. The number of benzene rings is 1. The molecule has 0 saturated carbocycles. The van der Waals surface area contributed by atoms with Crippen molar-refractivity contribution < 1.29 is 22.7 Å². The lowest BCUT2D eigenvalue weighted by Crippen LogP contribution is -2.40. The van der Waals surface area contributed by atoms with Crippen molar-refractivity contribution in [3.8, 4) is 5.75 Å². The lowest BCUT2D eigenvalue weighted by Gasteiger charge is -2.28. The number of ether oxygens (including phenoxy) is 1. The average molecular weight is 352 g/mol. The number of guanidine groups is 1. The molecule has 0 saturated heterocycles. The number of hydrogen-bond acceptors (Lipinski definition) is 3. The van der Waals surface area contributed by atoms with Gasteiger partial charge in [-0.1, -0.05) is 18.7 Å². The number of nitrogens with zero attached hydrogens (tertiary/aromatic N) is 2. The van der Waals surface area contributed by atoms with E-state index in [9.17, 15) is 18.0 Å². The predicted octanol–water partition coefficient (Wildman–Crippen LogP) is 2.15. The van der Waals surface area contributed by atoms with Gasteiger partial charge in [-0.3, -0.25) is 9.79 Å². The van der Waals surface area contributed by atoms with Crippen LogP contribution < -0.4 is 16.2 Å². The molecular weight excluding hydrogens is 337 g/mol. The second kappa shape index (κ2) is 6.80. The van der Waals surface area contributed by atoms with E-state index in [4.69, 9.17) is 16.2 Å². The summed E-state index contributed by atoms with van der Waals surface area (Å²) in [7, 11) is 0. The fourth-order valence-corrected chi connectivity index (χ4v) is 2.34. The van der Waals surface area contributed by atoms with Crippen LogP contribution in [0.4, 0.5) is 13.2 Å². The Balaban J connectivity index is 2.67. The molecule has 0 bridgehead atoms. The molecule has 2 rings (SSSR count). The smallest absolute Gasteiger partial charge is 0.429 e. The highest BCUT2D eigenvalue weighted by atomic mass is 19.4. The minimum atomic E-state index is -4.82. The van der Waals surface area contributed by atoms with Gasteiger partial charge in [0.1, 0.15) is 5.75 Å². The molecule has 1 aromatic carbocycles. The highest BCUT2D eigenvalue weighted by Gasteiger charge is 2.48. The van der Waals surface area contributed by atoms with E-state index in [2.05, 4.69) is 16.6 Å². The number of aliphatic imine (C=N–C) groups is 2. The number of rotatable bonds is 3. The van der Waals surface area contributed by atoms with Crippen LogP contribution in [0.5, 0.6) is 5.75 Å². The first-order chi connectivity index (χ1) is 11.6. The first-order valence-electron chi connectivity index (χ1n) is 7.02. The fraction of sp³-hybridized carbons (Fsp3) is 0.188. The van der Waals surface area contributed by atoms with Crippen molar-refractivity contribution in [1.29, 1.82) is 0 Å². The van der Waals surface area contributed by atoms with Crippen molar-refractivity contribution in [1.82, 2.24) is 0 Å². The molecular formula is C16H15F3N4O2. The second-order valence-corrected chi connectivity index (χ2v) is 5.10. The number of halogens is 3. The van der Waals surface area contributed by atoms with Crippen LogP contribution in [0.15, 0.2) is 46.5 Å². The van der Waals surface area contributed by atoms with Gasteiger partial charge < -0.3 is 16.2 Å². The van der Waals surface area contributed by atoms with Crippen LogP contribution in [0, 0.1) is 0 Å². The number of carbonyl (C=O) groups is 1. The Kier molecular flexibility index (Phi) is 4.96. The van der Waals surface area contributed by atoms with Gasteiger partial charge in [0.05, 0.1) is 5.57 Å². The third kappa shape index (κ3) is 3.87. The Labute approximate surface area is 141 Å². The Bertz CT molecular complexity index is 806. The molecule has 0 radical (unpaired) electrons. The van der Waals surface area contributed by atoms with E-state index < -0.39 is 29.7 Å². The summed E-state index contributed by atoms with van der Waals surface area (Å²) in [4.78, 5) is 19.2. The van der Waals surface area contributed by atoms with Crippen molar-refractivity contribution in [2.75, 3.05) is 0 Å². The van der Waals surface area contributed by atoms with Crippen LogP contribution in [-0.2, 0) is 4.79 Å². The molecule has 6 nitrogen and oxygen atoms in total. The summed E-state index contributed by atoms with van der Waals surface area (Å²) in [5, 5.41) is 0. The molecule has 25 heavy (non-hydrogen) atoms. The van der Waals surface area contributed by atoms with Crippen molar-refractivity contribution in [2.45, 2.75) is 19.2 Å². The van der Waals surface area contributed by atoms with Gasteiger partial charge in [-0.15, -0.1) is 0 Å². The number of alkyl halides is 3. The SMILES string of the molecule is C=CN=C(C)c1cccc2c1C=C(C(=O)N=C(N)N)C(C(F)(F)F)O2. The molecule has 0 aromatic heterocycles. The molecule has 9 heteroatoms. The highest BCUT2D eigenvalue weighted by Crippen LogP contribution is 2.39. The number of amides is 1. The van der Waals surface area contributed by atoms with Gasteiger partial charge in [0.25, 0.3) is 5.91 Å². The van der Waals surface area contributed by atoms with Gasteiger partial charge in [-0.05, 0) is 19.1 Å². The molecule has 1 aliphatic rings. The van der Waals surface area contributed by atoms with Crippen molar-refractivity contribution in [3.05, 3.63) is 47.7 Å². The van der Waals surface area contributed by atoms with E-state index in [1.165, 1.54) is 18.3 Å². The number of nitrogens with two attached hydrogens (primary N) is 2. The Morgan fingerprint density at radius 3 is 2.60 bits per heavy atom. The number of carbonyl (C=O) groups excluding carboxylic acids is 1. The number of fused-ring (bicyclic) bond motifs is 1. The Morgan fingerprint density at radius 2 is 2.04 bits per heavy atom. The minimum absolute atomic E-state index is 0.0281. The summed E-state index contributed by atoms with van der Waals surface area (Å²) < 4.78 is 44.9. The van der Waals surface area contributed by atoms with Crippen molar-refractivity contribution in [3.63, 3.8) is 0 Å². The Morgan fingerprint density at radius 1 is 1.36 bits per heavy atom. The molecule has 1 heterocycles. The lowest BCUT2D eigenvalue weighted by molar-refractivity contribution is -0.185. The molecule has 1 aromatic rings. The molecule has 132 valence electrons. The van der Waals surface area contributed by atoms with Gasteiger partial charge in [0.15, 0.2) is 5.96 Å². The summed E-state index contributed by atoms with van der Waals surface area (Å²) in [6, 6.07) is 4.54. The monoisotopic (exact) mass is 352 g/mol. The summed E-state index contributed by atoms with van der Waals surface area (Å²) in [6.07, 6.45) is -4.92. The topological polar surface area (TPSA) is 103 Å². The molecule has 1 atom stereocenters. The summed E-state index contributed by atoms with van der Waals surface area (Å²) in [5.74, 6) is -1.89. The third-order valence-electron chi connectivity index (χ3n) is 3.34. The van der Waals surface area contributed by atoms with E-state index in [0.717, 1.165) is 6.08 Å². The maximum Gasteiger partial charge on any atom is 0.429 e. The average Bonchev–Trinajstić information content (AvgIpc) is 2.51. The maximum atomic E-state index is 13.3. The van der Waals surface area contributed by atoms with Crippen molar-refractivity contribution in [2.24, 2.45) is 21.5 Å². The molecule has 4 N–H and O–H groups in total. The van der Waals surface area contributed by atoms with Gasteiger partial charge in [0.2, 0.25) is 6.10 Å². The zero-order valence-corrected chi connectivity index (χ0v) is 13.2. The van der Waals surface area contributed by atoms with E-state index in [0.29, 0.717) is 11.3 Å². The zero-order valence-electron chi connectivity index (χ0n) is 13.2. The van der Waals surface area contributed by atoms with Crippen molar-refractivity contribution >= 4 is 23.7 Å². The summed E-state index contributed by atoms with van der Waals surface area (Å²) in [6.45, 7) is 5.13. The zero-order chi connectivity index (χ0) is 18.8. The molecule has 0 spiro atoms. The normalized spacial score (nSPS) is 17.0. The molecule has 1 aliphatic heterocycles. The molecule has 0 fully saturated rings. The molecule has 1 unspecified atom stereocenters. The van der Waals surface area contributed by atoms with Crippen LogP contribution in [0.25, 0.3) is 6.08 Å². The van der Waals surface area contributed by atoms with Gasteiger partial charge in [-0.25, -0.2) is 0 Å². The van der Waals surface area contributed by atoms with Gasteiger partial charge in [0, 0.05) is 23.0 Å². The maximum absolute atomic E-state index is 13.3. The minimum Gasteiger partial charge on any atom is -0.475 e.